The Balaban J connectivity index is 1.46. The number of methoxy groups -OCH3 is 1. The first-order valence-corrected chi connectivity index (χ1v) is 13.2. The summed E-state index contributed by atoms with van der Waals surface area (Å²) in [6, 6.07) is 12.8. The lowest BCUT2D eigenvalue weighted by molar-refractivity contribution is -0.145. The highest BCUT2D eigenvalue weighted by Crippen LogP contribution is 2.39. The van der Waals surface area contributed by atoms with E-state index in [9.17, 15) is 24.5 Å². The molecular formula is C30H33FN2O6. The number of β-amino-alcohol motifs (C(OH)–C–C–N with tert-alkyl or cyclic N) is 1. The fraction of sp³-hybridized carbons (Fsp3) is 0.400. The standard InChI is InChI=1S/C30H33FN2O6/c1-17(30(36)37)29(35)20-4-3-18-6-8-26(39-27(18)12-20)19-5-7-23(24-13-28(38-2)32-14-25(24)31)21(11-19)15-33-10-9-22(34)16-33/h3-5,7,11-14,17,22,26,29,34-35H,6,8-10,15-16H2,1-2H3,(H,36,37)/t17-,22+,26?,29+/m0/s1. The van der Waals surface area contributed by atoms with Crippen LogP contribution in [0.5, 0.6) is 11.6 Å². The predicted molar refractivity (Wildman–Crippen MR) is 142 cm³/mol. The molecule has 39 heavy (non-hydrogen) atoms. The molecule has 3 N–H and O–H groups in total. The SMILES string of the molecule is COc1cc(-c2ccc(C3CCc4ccc([C@H](O)[C@H](C)C(=O)O)cc4O3)cc2CN2CC[C@@H](O)C2)c(F)cn1. The molecule has 1 aromatic heterocycles. The summed E-state index contributed by atoms with van der Waals surface area (Å²) in [6.07, 6.45) is 1.56. The predicted octanol–water partition coefficient (Wildman–Crippen LogP) is 4.28. The highest BCUT2D eigenvalue weighted by Gasteiger charge is 2.28. The van der Waals surface area contributed by atoms with Gasteiger partial charge in [0.25, 0.3) is 0 Å². The fourth-order valence-electron chi connectivity index (χ4n) is 5.37. The number of rotatable bonds is 8. The number of likely N-dealkylation sites (tertiary alicyclic amines) is 1. The van der Waals surface area contributed by atoms with Crippen LogP contribution in [0.15, 0.2) is 48.7 Å². The summed E-state index contributed by atoms with van der Waals surface area (Å²) in [5.41, 5.74) is 4.45. The largest absolute Gasteiger partial charge is 0.485 e. The molecule has 206 valence electrons. The molecule has 0 spiro atoms. The first-order valence-electron chi connectivity index (χ1n) is 13.2. The highest BCUT2D eigenvalue weighted by molar-refractivity contribution is 5.71. The van der Waals surface area contributed by atoms with Gasteiger partial charge in [0, 0.05) is 31.3 Å². The third-order valence-corrected chi connectivity index (χ3v) is 7.71. The third kappa shape index (κ3) is 5.75. The third-order valence-electron chi connectivity index (χ3n) is 7.71. The van der Waals surface area contributed by atoms with Crippen LogP contribution in [0.2, 0.25) is 0 Å². The minimum absolute atomic E-state index is 0.268. The smallest absolute Gasteiger partial charge is 0.309 e. The van der Waals surface area contributed by atoms with Crippen LogP contribution in [0, 0.1) is 11.7 Å². The molecule has 0 amide bonds. The van der Waals surface area contributed by atoms with Crippen molar-refractivity contribution in [1.82, 2.24) is 9.88 Å². The van der Waals surface area contributed by atoms with Gasteiger partial charge in [-0.15, -0.1) is 0 Å². The molecular weight excluding hydrogens is 503 g/mol. The zero-order chi connectivity index (χ0) is 27.7. The van der Waals surface area contributed by atoms with Crippen LogP contribution in [0.25, 0.3) is 11.1 Å². The van der Waals surface area contributed by atoms with E-state index in [1.807, 2.05) is 24.3 Å². The molecule has 9 heteroatoms. The zero-order valence-electron chi connectivity index (χ0n) is 22.0. The lowest BCUT2D eigenvalue weighted by Crippen LogP contribution is -2.22. The number of hydrogen-bond donors (Lipinski definition) is 3. The Bertz CT molecular complexity index is 1370. The number of benzene rings is 2. The van der Waals surface area contributed by atoms with Gasteiger partial charge < -0.3 is 24.8 Å². The number of fused-ring (bicyclic) bond motifs is 1. The maximum absolute atomic E-state index is 14.9. The van der Waals surface area contributed by atoms with Crippen molar-refractivity contribution in [3.8, 4) is 22.8 Å². The lowest BCUT2D eigenvalue weighted by Gasteiger charge is -2.29. The van der Waals surface area contributed by atoms with E-state index in [2.05, 4.69) is 9.88 Å². The van der Waals surface area contributed by atoms with Gasteiger partial charge in [0.05, 0.1) is 31.4 Å². The molecule has 3 heterocycles. The van der Waals surface area contributed by atoms with Crippen molar-refractivity contribution in [2.45, 2.75) is 51.0 Å². The van der Waals surface area contributed by atoms with Gasteiger partial charge in [-0.3, -0.25) is 9.69 Å². The molecule has 1 unspecified atom stereocenters. The van der Waals surface area contributed by atoms with Gasteiger partial charge in [-0.2, -0.15) is 0 Å². The van der Waals surface area contributed by atoms with E-state index in [-0.39, 0.29) is 12.2 Å². The van der Waals surface area contributed by atoms with Gasteiger partial charge in [-0.25, -0.2) is 9.37 Å². The van der Waals surface area contributed by atoms with Crippen LogP contribution in [0.3, 0.4) is 0 Å². The molecule has 0 bridgehead atoms. The van der Waals surface area contributed by atoms with Crippen molar-refractivity contribution in [3.05, 3.63) is 76.7 Å². The second-order valence-corrected chi connectivity index (χ2v) is 10.4. The molecule has 2 aliphatic heterocycles. The Morgan fingerprint density at radius 1 is 1.21 bits per heavy atom. The van der Waals surface area contributed by atoms with E-state index >= 15 is 0 Å². The minimum Gasteiger partial charge on any atom is -0.485 e. The van der Waals surface area contributed by atoms with E-state index in [1.54, 1.807) is 18.2 Å². The summed E-state index contributed by atoms with van der Waals surface area (Å²) in [6.45, 7) is 3.32. The van der Waals surface area contributed by atoms with Crippen molar-refractivity contribution in [2.24, 2.45) is 5.92 Å². The number of nitrogens with zero attached hydrogens (tertiary/aromatic N) is 2. The first kappa shape index (κ1) is 27.1. The Kier molecular flexibility index (Phi) is 7.83. The normalized spacial score (nSPS) is 20.6. The molecule has 8 nitrogen and oxygen atoms in total. The number of aliphatic carboxylic acids is 1. The highest BCUT2D eigenvalue weighted by atomic mass is 19.1. The van der Waals surface area contributed by atoms with Gasteiger partial charge in [0.15, 0.2) is 0 Å². The molecule has 2 aliphatic rings. The number of halogens is 1. The molecule has 1 fully saturated rings. The van der Waals surface area contributed by atoms with Gasteiger partial charge in [-0.1, -0.05) is 30.3 Å². The number of aryl methyl sites for hydroxylation is 1. The van der Waals surface area contributed by atoms with E-state index in [0.717, 1.165) is 47.8 Å². The topological polar surface area (TPSA) is 112 Å². The number of pyridine rings is 1. The van der Waals surface area contributed by atoms with Crippen molar-refractivity contribution < 1.29 is 34.0 Å². The van der Waals surface area contributed by atoms with Crippen molar-refractivity contribution in [3.63, 3.8) is 0 Å². The average Bonchev–Trinajstić information content (AvgIpc) is 3.36. The van der Waals surface area contributed by atoms with E-state index in [0.29, 0.717) is 42.3 Å². The summed E-state index contributed by atoms with van der Waals surface area (Å²) in [7, 11) is 1.49. The van der Waals surface area contributed by atoms with E-state index < -0.39 is 23.8 Å². The van der Waals surface area contributed by atoms with E-state index in [4.69, 9.17) is 9.47 Å². The number of ether oxygens (including phenoxy) is 2. The van der Waals surface area contributed by atoms with Crippen LogP contribution < -0.4 is 9.47 Å². The number of aromatic nitrogens is 1. The maximum Gasteiger partial charge on any atom is 0.309 e. The fourth-order valence-corrected chi connectivity index (χ4v) is 5.37. The Labute approximate surface area is 226 Å². The van der Waals surface area contributed by atoms with Gasteiger partial charge in [0.2, 0.25) is 5.88 Å². The Morgan fingerprint density at radius 2 is 2.03 bits per heavy atom. The average molecular weight is 537 g/mol. The quantitative estimate of drug-likeness (QED) is 0.391. The number of carbonyl (C=O) groups is 1. The van der Waals surface area contributed by atoms with Gasteiger partial charge >= 0.3 is 5.97 Å². The molecule has 5 rings (SSSR count). The van der Waals surface area contributed by atoms with Crippen LogP contribution in [-0.2, 0) is 17.8 Å². The Hall–Kier alpha value is -3.53. The molecule has 0 radical (unpaired) electrons. The number of aliphatic hydroxyl groups is 2. The first-order chi connectivity index (χ1) is 18.7. The monoisotopic (exact) mass is 536 g/mol. The number of aliphatic hydroxyl groups excluding tert-OH is 2. The van der Waals surface area contributed by atoms with Crippen molar-refractivity contribution in [2.75, 3.05) is 20.2 Å². The molecule has 4 atom stereocenters. The molecule has 0 aliphatic carbocycles. The summed E-state index contributed by atoms with van der Waals surface area (Å²) >= 11 is 0. The number of carboxylic acids is 1. The summed E-state index contributed by atoms with van der Waals surface area (Å²) < 4.78 is 26.5. The number of carboxylic acid groups (broad SMARTS) is 1. The van der Waals surface area contributed by atoms with Gasteiger partial charge in [-0.05, 0) is 60.1 Å². The minimum atomic E-state index is -1.15. The van der Waals surface area contributed by atoms with Crippen LogP contribution in [0.1, 0.15) is 54.2 Å². The van der Waals surface area contributed by atoms with Crippen LogP contribution in [-0.4, -0.2) is 57.5 Å². The van der Waals surface area contributed by atoms with Crippen molar-refractivity contribution in [1.29, 1.82) is 0 Å². The molecule has 1 saturated heterocycles. The summed E-state index contributed by atoms with van der Waals surface area (Å²) in [5.74, 6) is -1.52. The van der Waals surface area contributed by atoms with Crippen molar-refractivity contribution >= 4 is 5.97 Å². The molecule has 0 saturated carbocycles. The van der Waals surface area contributed by atoms with Crippen LogP contribution in [0.4, 0.5) is 4.39 Å². The number of hydrogen-bond acceptors (Lipinski definition) is 7. The zero-order valence-corrected chi connectivity index (χ0v) is 22.0. The summed E-state index contributed by atoms with van der Waals surface area (Å²) in [4.78, 5) is 17.5. The summed E-state index contributed by atoms with van der Waals surface area (Å²) in [5, 5.41) is 29.9. The van der Waals surface area contributed by atoms with Crippen LogP contribution >= 0.6 is 0 Å². The lowest BCUT2D eigenvalue weighted by atomic mass is 9.91. The Morgan fingerprint density at radius 3 is 2.74 bits per heavy atom. The second kappa shape index (κ2) is 11.3. The van der Waals surface area contributed by atoms with Gasteiger partial charge in [0.1, 0.15) is 17.7 Å². The molecule has 3 aromatic rings. The molecule has 2 aromatic carbocycles. The second-order valence-electron chi connectivity index (χ2n) is 10.4. The maximum atomic E-state index is 14.9. The van der Waals surface area contributed by atoms with E-state index in [1.165, 1.54) is 14.0 Å².